The number of sulfone groups is 1. The van der Waals surface area contributed by atoms with Crippen LogP contribution >= 0.6 is 11.6 Å². The lowest BCUT2D eigenvalue weighted by Crippen LogP contribution is -2.49. The van der Waals surface area contributed by atoms with E-state index in [1.165, 1.54) is 24.3 Å². The van der Waals surface area contributed by atoms with E-state index in [9.17, 15) is 18.0 Å². The maximum atomic E-state index is 12.0. The number of halogens is 1. The summed E-state index contributed by atoms with van der Waals surface area (Å²) < 4.78 is 24.0. The van der Waals surface area contributed by atoms with Crippen molar-refractivity contribution in [1.82, 2.24) is 10.6 Å². The minimum absolute atomic E-state index is 0.0383. The molecule has 0 bridgehead atoms. The van der Waals surface area contributed by atoms with Crippen LogP contribution in [-0.4, -0.2) is 32.8 Å². The van der Waals surface area contributed by atoms with Crippen molar-refractivity contribution in [1.29, 1.82) is 0 Å². The molecule has 6 nitrogen and oxygen atoms in total. The number of carbonyl (C=O) groups is 2. The molecule has 1 saturated heterocycles. The summed E-state index contributed by atoms with van der Waals surface area (Å²) in [6, 6.07) is 5.00. The molecule has 0 unspecified atom stereocenters. The average molecular weight is 343 g/mol. The maximum Gasteiger partial charge on any atom is 0.245 e. The van der Waals surface area contributed by atoms with Gasteiger partial charge in [0.2, 0.25) is 11.8 Å². The van der Waals surface area contributed by atoms with E-state index < -0.39 is 21.8 Å². The lowest BCUT2D eigenvalue weighted by molar-refractivity contribution is -0.128. The Hall–Kier alpha value is -1.86. The number of benzene rings is 1. The highest BCUT2D eigenvalue weighted by atomic mass is 35.5. The number of rotatable bonds is 4. The zero-order chi connectivity index (χ0) is 16.2. The molecule has 2 amide bonds. The van der Waals surface area contributed by atoms with Gasteiger partial charge in [-0.05, 0) is 37.1 Å². The molecule has 1 aliphatic heterocycles. The van der Waals surface area contributed by atoms with Gasteiger partial charge < -0.3 is 10.6 Å². The van der Waals surface area contributed by atoms with Gasteiger partial charge in [-0.25, -0.2) is 8.42 Å². The van der Waals surface area contributed by atoms with Gasteiger partial charge in [-0.15, -0.1) is 0 Å². The zero-order valence-electron chi connectivity index (χ0n) is 11.6. The van der Waals surface area contributed by atoms with E-state index in [4.69, 9.17) is 11.6 Å². The van der Waals surface area contributed by atoms with Gasteiger partial charge in [-0.3, -0.25) is 9.59 Å². The molecule has 1 aromatic rings. The predicted molar refractivity (Wildman–Crippen MR) is 82.0 cm³/mol. The summed E-state index contributed by atoms with van der Waals surface area (Å²) in [5, 5.41) is 6.34. The number of piperidine rings is 1. The molecule has 0 aliphatic carbocycles. The van der Waals surface area contributed by atoms with Crippen LogP contribution in [0.3, 0.4) is 0 Å². The molecule has 0 saturated carbocycles. The number of amides is 2. The van der Waals surface area contributed by atoms with Gasteiger partial charge in [0.05, 0.1) is 4.90 Å². The average Bonchev–Trinajstić information content (AvgIpc) is 2.48. The molecule has 1 heterocycles. The van der Waals surface area contributed by atoms with Crippen molar-refractivity contribution in [3.8, 4) is 0 Å². The van der Waals surface area contributed by atoms with Crippen molar-refractivity contribution in [2.24, 2.45) is 0 Å². The van der Waals surface area contributed by atoms with Gasteiger partial charge in [0.1, 0.15) is 6.04 Å². The minimum Gasteiger partial charge on any atom is -0.354 e. The van der Waals surface area contributed by atoms with Crippen LogP contribution in [0.25, 0.3) is 0 Å². The minimum atomic E-state index is -3.73. The zero-order valence-corrected chi connectivity index (χ0v) is 13.2. The Balaban J connectivity index is 2.02. The van der Waals surface area contributed by atoms with Crippen molar-refractivity contribution in [2.75, 3.05) is 6.54 Å². The van der Waals surface area contributed by atoms with Crippen molar-refractivity contribution in [3.63, 3.8) is 0 Å². The summed E-state index contributed by atoms with van der Waals surface area (Å²) in [6.07, 6.45) is 2.21. The predicted octanol–water partition coefficient (Wildman–Crippen LogP) is 1.02. The van der Waals surface area contributed by atoms with Crippen LogP contribution in [0.15, 0.2) is 40.6 Å². The van der Waals surface area contributed by atoms with E-state index in [1.807, 2.05) is 0 Å². The van der Waals surface area contributed by atoms with Crippen LogP contribution in [0.5, 0.6) is 0 Å². The molecule has 0 spiro atoms. The van der Waals surface area contributed by atoms with Gasteiger partial charge >= 0.3 is 0 Å². The second-order valence-electron chi connectivity index (χ2n) is 4.80. The molecule has 2 N–H and O–H groups in total. The van der Waals surface area contributed by atoms with E-state index >= 15 is 0 Å². The van der Waals surface area contributed by atoms with Crippen molar-refractivity contribution in [2.45, 2.75) is 23.8 Å². The van der Waals surface area contributed by atoms with E-state index in [2.05, 4.69) is 10.6 Å². The Bertz CT molecular complexity index is 698. The highest BCUT2D eigenvalue weighted by Gasteiger charge is 2.22. The SMILES string of the molecule is O=C(/C=C/S(=O)(=O)c1ccc(Cl)cc1)N[C@@H]1CCCNC1=O. The van der Waals surface area contributed by atoms with E-state index in [-0.39, 0.29) is 10.8 Å². The molecule has 1 aliphatic rings. The van der Waals surface area contributed by atoms with E-state index in [0.717, 1.165) is 17.9 Å². The van der Waals surface area contributed by atoms with Crippen LogP contribution in [-0.2, 0) is 19.4 Å². The molecule has 2 rings (SSSR count). The molecule has 1 fully saturated rings. The van der Waals surface area contributed by atoms with E-state index in [0.29, 0.717) is 18.0 Å². The smallest absolute Gasteiger partial charge is 0.245 e. The third kappa shape index (κ3) is 4.32. The summed E-state index contributed by atoms with van der Waals surface area (Å²) in [7, 11) is -3.73. The quantitative estimate of drug-likeness (QED) is 0.799. The largest absolute Gasteiger partial charge is 0.354 e. The summed E-state index contributed by atoms with van der Waals surface area (Å²) in [6.45, 7) is 0.589. The van der Waals surface area contributed by atoms with Crippen molar-refractivity contribution >= 4 is 33.3 Å². The van der Waals surface area contributed by atoms with Gasteiger partial charge in [-0.1, -0.05) is 11.6 Å². The van der Waals surface area contributed by atoms with E-state index in [1.54, 1.807) is 0 Å². The first kappa shape index (κ1) is 16.5. The summed E-state index contributed by atoms with van der Waals surface area (Å²) in [5.74, 6) is -0.881. The number of hydrogen-bond acceptors (Lipinski definition) is 4. The van der Waals surface area contributed by atoms with Crippen LogP contribution in [0.2, 0.25) is 5.02 Å². The molecule has 0 radical (unpaired) electrons. The third-order valence-electron chi connectivity index (χ3n) is 3.14. The highest BCUT2D eigenvalue weighted by Crippen LogP contribution is 2.16. The summed E-state index contributed by atoms with van der Waals surface area (Å²) >= 11 is 5.70. The van der Waals surface area contributed by atoms with Gasteiger partial charge in [0.15, 0.2) is 9.84 Å². The fourth-order valence-corrected chi connectivity index (χ4v) is 3.09. The maximum absolute atomic E-state index is 12.0. The second-order valence-corrected chi connectivity index (χ2v) is 7.07. The first-order chi connectivity index (χ1) is 10.4. The molecular weight excluding hydrogens is 328 g/mol. The van der Waals surface area contributed by atoms with Crippen molar-refractivity contribution in [3.05, 3.63) is 40.8 Å². The van der Waals surface area contributed by atoms with Crippen molar-refractivity contribution < 1.29 is 18.0 Å². The van der Waals surface area contributed by atoms with Gasteiger partial charge in [-0.2, -0.15) is 0 Å². The van der Waals surface area contributed by atoms with Crippen LogP contribution in [0.1, 0.15) is 12.8 Å². The topological polar surface area (TPSA) is 92.3 Å². The first-order valence-corrected chi connectivity index (χ1v) is 8.58. The number of carbonyl (C=O) groups excluding carboxylic acids is 2. The second kappa shape index (κ2) is 6.93. The standard InChI is InChI=1S/C14H15ClN2O4S/c15-10-3-5-11(6-4-10)22(20,21)9-7-13(18)17-12-2-1-8-16-14(12)19/h3-7,9,12H,1-2,8H2,(H,16,19)(H,17,18)/b9-7+/t12-/m1/s1. The van der Waals surface area contributed by atoms with Crippen LogP contribution in [0, 0.1) is 0 Å². The summed E-state index contributed by atoms with van der Waals surface area (Å²) in [5.41, 5.74) is 0. The summed E-state index contributed by atoms with van der Waals surface area (Å²) in [4.78, 5) is 23.3. The third-order valence-corrected chi connectivity index (χ3v) is 4.82. The Labute approximate surface area is 133 Å². The molecule has 8 heteroatoms. The lowest BCUT2D eigenvalue weighted by atomic mass is 10.1. The van der Waals surface area contributed by atoms with Gasteiger partial charge in [0, 0.05) is 23.1 Å². The first-order valence-electron chi connectivity index (χ1n) is 6.65. The molecular formula is C14H15ClN2O4S. The molecule has 0 aromatic heterocycles. The van der Waals surface area contributed by atoms with Crippen LogP contribution in [0.4, 0.5) is 0 Å². The normalized spacial score (nSPS) is 19.0. The molecule has 118 valence electrons. The fraction of sp³-hybridized carbons (Fsp3) is 0.286. The van der Waals surface area contributed by atoms with Crippen LogP contribution < -0.4 is 10.6 Å². The monoisotopic (exact) mass is 342 g/mol. The molecule has 1 aromatic carbocycles. The Morgan fingerprint density at radius 2 is 2.00 bits per heavy atom. The Morgan fingerprint density at radius 1 is 1.32 bits per heavy atom. The lowest BCUT2D eigenvalue weighted by Gasteiger charge is -2.21. The number of nitrogens with one attached hydrogen (secondary N) is 2. The van der Waals surface area contributed by atoms with Gasteiger partial charge in [0.25, 0.3) is 0 Å². The Kier molecular flexibility index (Phi) is 5.20. The Morgan fingerprint density at radius 3 is 2.64 bits per heavy atom. The fourth-order valence-electron chi connectivity index (χ4n) is 1.98. The number of hydrogen-bond donors (Lipinski definition) is 2. The molecule has 22 heavy (non-hydrogen) atoms. The highest BCUT2D eigenvalue weighted by molar-refractivity contribution is 7.94. The molecule has 1 atom stereocenters.